The van der Waals surface area contributed by atoms with E-state index in [9.17, 15) is 4.79 Å². The molecule has 0 radical (unpaired) electrons. The molecule has 3 N–H and O–H groups in total. The van der Waals surface area contributed by atoms with E-state index in [2.05, 4.69) is 5.32 Å². The zero-order chi connectivity index (χ0) is 13.1. The lowest BCUT2D eigenvalue weighted by Gasteiger charge is -2.26. The fraction of sp³-hybridized carbons (Fsp3) is 0.917. The fourth-order valence-corrected chi connectivity index (χ4v) is 1.27. The highest BCUT2D eigenvalue weighted by Crippen LogP contribution is 2.09. The Morgan fingerprint density at radius 2 is 1.83 bits per heavy atom. The zero-order valence-corrected chi connectivity index (χ0v) is 12.5. The first-order chi connectivity index (χ1) is 8.08. The van der Waals surface area contributed by atoms with Gasteiger partial charge in [0.1, 0.15) is 0 Å². The van der Waals surface area contributed by atoms with E-state index >= 15 is 0 Å². The summed E-state index contributed by atoms with van der Waals surface area (Å²) in [5.41, 5.74) is 5.79. The lowest BCUT2D eigenvalue weighted by Crippen LogP contribution is -2.49. The number of nitrogens with one attached hydrogen (secondary N) is 1. The maximum absolute atomic E-state index is 11.5. The molecule has 0 rings (SSSR count). The molecule has 0 saturated carbocycles. The molecule has 5 nitrogen and oxygen atoms in total. The van der Waals surface area contributed by atoms with Gasteiger partial charge in [-0.3, -0.25) is 4.79 Å². The number of methoxy groups -OCH3 is 1. The topological polar surface area (TPSA) is 73.6 Å². The molecule has 0 atom stereocenters. The van der Waals surface area contributed by atoms with E-state index in [0.29, 0.717) is 32.8 Å². The van der Waals surface area contributed by atoms with Crippen molar-refractivity contribution in [1.82, 2.24) is 5.32 Å². The van der Waals surface area contributed by atoms with Crippen molar-refractivity contribution in [2.75, 3.05) is 33.5 Å². The molecule has 0 aliphatic rings. The van der Waals surface area contributed by atoms with Crippen molar-refractivity contribution in [2.24, 2.45) is 5.73 Å². The highest BCUT2D eigenvalue weighted by molar-refractivity contribution is 5.85. The smallest absolute Gasteiger partial charge is 0.222 e. The fourth-order valence-electron chi connectivity index (χ4n) is 1.27. The first kappa shape index (κ1) is 20.0. The standard InChI is InChI=1S/C12H26N2O3.ClH/c1-4-12(13,5-2)10-14-11(15)6-7-17-9-8-16-3;/h4-10,13H2,1-3H3,(H,14,15);1H. The molecule has 0 spiro atoms. The summed E-state index contributed by atoms with van der Waals surface area (Å²) in [6, 6.07) is 0. The van der Waals surface area contributed by atoms with Crippen LogP contribution in [0.3, 0.4) is 0 Å². The van der Waals surface area contributed by atoms with Crippen molar-refractivity contribution >= 4 is 18.3 Å². The van der Waals surface area contributed by atoms with Crippen LogP contribution in [0.2, 0.25) is 0 Å². The lowest BCUT2D eigenvalue weighted by atomic mass is 9.94. The third-order valence-electron chi connectivity index (χ3n) is 2.95. The van der Waals surface area contributed by atoms with E-state index in [0.717, 1.165) is 12.8 Å². The summed E-state index contributed by atoms with van der Waals surface area (Å²) < 4.78 is 10.0. The quantitative estimate of drug-likeness (QED) is 0.589. The van der Waals surface area contributed by atoms with Crippen LogP contribution in [0, 0.1) is 0 Å². The Morgan fingerprint density at radius 1 is 1.22 bits per heavy atom. The van der Waals surface area contributed by atoms with Crippen LogP contribution in [0.25, 0.3) is 0 Å². The Morgan fingerprint density at radius 3 is 2.33 bits per heavy atom. The number of halogens is 1. The van der Waals surface area contributed by atoms with Crippen molar-refractivity contribution in [3.05, 3.63) is 0 Å². The molecule has 0 aliphatic heterocycles. The highest BCUT2D eigenvalue weighted by Gasteiger charge is 2.20. The molecule has 0 heterocycles. The predicted octanol–water partition coefficient (Wildman–Crippen LogP) is 1.09. The molecule has 18 heavy (non-hydrogen) atoms. The minimum Gasteiger partial charge on any atom is -0.382 e. The van der Waals surface area contributed by atoms with Crippen LogP contribution < -0.4 is 11.1 Å². The van der Waals surface area contributed by atoms with Crippen LogP contribution in [-0.2, 0) is 14.3 Å². The summed E-state index contributed by atoms with van der Waals surface area (Å²) in [6.45, 7) is 6.09. The van der Waals surface area contributed by atoms with Crippen molar-refractivity contribution in [3.63, 3.8) is 0 Å². The van der Waals surface area contributed by atoms with Gasteiger partial charge in [0.25, 0.3) is 0 Å². The summed E-state index contributed by atoms with van der Waals surface area (Å²) >= 11 is 0. The minimum absolute atomic E-state index is 0. The van der Waals surface area contributed by atoms with Crippen molar-refractivity contribution in [3.8, 4) is 0 Å². The van der Waals surface area contributed by atoms with Gasteiger partial charge in [0, 0.05) is 25.6 Å². The average Bonchev–Trinajstić information content (AvgIpc) is 2.35. The molecular formula is C12H27ClN2O3. The largest absolute Gasteiger partial charge is 0.382 e. The normalized spacial score (nSPS) is 10.9. The van der Waals surface area contributed by atoms with Crippen molar-refractivity contribution in [1.29, 1.82) is 0 Å². The first-order valence-electron chi connectivity index (χ1n) is 6.20. The second-order valence-corrected chi connectivity index (χ2v) is 4.20. The molecular weight excluding hydrogens is 256 g/mol. The number of amides is 1. The van der Waals surface area contributed by atoms with Gasteiger partial charge in [0.2, 0.25) is 5.91 Å². The van der Waals surface area contributed by atoms with Gasteiger partial charge in [-0.1, -0.05) is 13.8 Å². The summed E-state index contributed by atoms with van der Waals surface area (Å²) in [5.74, 6) is -0.0147. The Balaban J connectivity index is 0. The summed E-state index contributed by atoms with van der Waals surface area (Å²) in [4.78, 5) is 11.5. The predicted molar refractivity (Wildman–Crippen MR) is 75.1 cm³/mol. The lowest BCUT2D eigenvalue weighted by molar-refractivity contribution is -0.122. The van der Waals surface area contributed by atoms with E-state index in [4.69, 9.17) is 15.2 Å². The van der Waals surface area contributed by atoms with Gasteiger partial charge in [-0.25, -0.2) is 0 Å². The van der Waals surface area contributed by atoms with Crippen LogP contribution in [0.1, 0.15) is 33.1 Å². The van der Waals surface area contributed by atoms with Gasteiger partial charge < -0.3 is 20.5 Å². The second kappa shape index (κ2) is 11.7. The second-order valence-electron chi connectivity index (χ2n) is 4.20. The van der Waals surface area contributed by atoms with E-state index in [1.54, 1.807) is 7.11 Å². The van der Waals surface area contributed by atoms with Crippen LogP contribution >= 0.6 is 12.4 Å². The molecule has 110 valence electrons. The molecule has 1 amide bonds. The van der Waals surface area contributed by atoms with Crippen LogP contribution in [0.5, 0.6) is 0 Å². The number of carbonyl (C=O) groups excluding carboxylic acids is 1. The maximum Gasteiger partial charge on any atom is 0.222 e. The Labute approximate surface area is 116 Å². The van der Waals surface area contributed by atoms with Crippen LogP contribution in [0.15, 0.2) is 0 Å². The third-order valence-corrected chi connectivity index (χ3v) is 2.95. The van der Waals surface area contributed by atoms with Gasteiger partial charge in [0.15, 0.2) is 0 Å². The Bertz CT molecular complexity index is 211. The molecule has 0 aromatic heterocycles. The Kier molecular flexibility index (Phi) is 13.0. The molecule has 0 aliphatic carbocycles. The molecule has 0 aromatic rings. The summed E-state index contributed by atoms with van der Waals surface area (Å²) in [7, 11) is 1.62. The van der Waals surface area contributed by atoms with Gasteiger partial charge >= 0.3 is 0 Å². The number of hydrogen-bond acceptors (Lipinski definition) is 4. The summed E-state index contributed by atoms with van der Waals surface area (Å²) in [6.07, 6.45) is 2.08. The summed E-state index contributed by atoms with van der Waals surface area (Å²) in [5, 5.41) is 2.84. The number of nitrogens with two attached hydrogens (primary N) is 1. The number of carbonyl (C=O) groups is 1. The van der Waals surface area contributed by atoms with Crippen LogP contribution in [-0.4, -0.2) is 44.9 Å². The Hall–Kier alpha value is -0.360. The molecule has 0 fully saturated rings. The van der Waals surface area contributed by atoms with Gasteiger partial charge in [-0.2, -0.15) is 0 Å². The van der Waals surface area contributed by atoms with Crippen LogP contribution in [0.4, 0.5) is 0 Å². The SMILES string of the molecule is CCC(N)(CC)CNC(=O)CCOCCOC.Cl. The first-order valence-corrected chi connectivity index (χ1v) is 6.20. The van der Waals surface area contributed by atoms with E-state index in [-0.39, 0.29) is 23.9 Å². The van der Waals surface area contributed by atoms with E-state index < -0.39 is 0 Å². The number of hydrogen-bond donors (Lipinski definition) is 2. The van der Waals surface area contributed by atoms with Gasteiger partial charge in [-0.05, 0) is 12.8 Å². The third kappa shape index (κ3) is 9.65. The highest BCUT2D eigenvalue weighted by atomic mass is 35.5. The van der Waals surface area contributed by atoms with E-state index in [1.807, 2.05) is 13.8 Å². The van der Waals surface area contributed by atoms with Gasteiger partial charge in [0.05, 0.1) is 19.8 Å². The molecule has 0 unspecified atom stereocenters. The minimum atomic E-state index is -0.285. The van der Waals surface area contributed by atoms with Gasteiger partial charge in [-0.15, -0.1) is 12.4 Å². The van der Waals surface area contributed by atoms with E-state index in [1.165, 1.54) is 0 Å². The number of rotatable bonds is 10. The average molecular weight is 283 g/mol. The molecule has 6 heteroatoms. The van der Waals surface area contributed by atoms with Crippen molar-refractivity contribution in [2.45, 2.75) is 38.6 Å². The zero-order valence-electron chi connectivity index (χ0n) is 11.7. The maximum atomic E-state index is 11.5. The number of ether oxygens (including phenoxy) is 2. The molecule has 0 saturated heterocycles. The molecule has 0 aromatic carbocycles. The monoisotopic (exact) mass is 282 g/mol. The van der Waals surface area contributed by atoms with Crippen molar-refractivity contribution < 1.29 is 14.3 Å². The molecule has 0 bridgehead atoms.